The fourth-order valence-electron chi connectivity index (χ4n) is 9.33. The lowest BCUT2D eigenvalue weighted by Gasteiger charge is -2.38. The molecule has 0 spiro atoms. The number of pyridine rings is 1. The van der Waals surface area contributed by atoms with E-state index in [1.54, 1.807) is 48.8 Å². The Morgan fingerprint density at radius 2 is 1.50 bits per heavy atom. The van der Waals surface area contributed by atoms with E-state index < -0.39 is 17.5 Å². The smallest absolute Gasteiger partial charge is 0.255 e. The summed E-state index contributed by atoms with van der Waals surface area (Å²) in [5, 5.41) is 23.8. The van der Waals surface area contributed by atoms with Crippen molar-refractivity contribution in [1.82, 2.24) is 25.8 Å². The standard InChI is InChI=1S/C56H72N10O9.ClH/c1-39(61-52(69)42-13-9-14-43(36-42)65-56(23-27-60-28-24-56)55(58)64-51(57)40-21-25-59-26-22-40)41-12-10-15-44(37-41)75-31-8-3-2-6-29-72-32-34-74-35-33-73-30-7-4-5-18-49(67)62-47-17-11-16-45-46(47)38-66(54(45)71)48-19-20-50(68)63-53(48)70;/h9-17,21-22,25-26,36-37,39,48,60,65H,2-8,18-20,23-24,27-35,38H2,1H3,(H,61,69)(H,62,67)(H3,57,58,64)(H,63,68,70);1H/t39-,48?;/m1./s1. The number of nitrogens with one attached hydrogen (secondary N) is 6. The number of hydrogen-bond acceptors (Lipinski definition) is 13. The van der Waals surface area contributed by atoms with Crippen LogP contribution in [0.3, 0.4) is 0 Å². The third-order valence-electron chi connectivity index (χ3n) is 13.6. The van der Waals surface area contributed by atoms with Crippen molar-refractivity contribution < 1.29 is 42.9 Å². The van der Waals surface area contributed by atoms with Crippen LogP contribution in [0.1, 0.15) is 127 Å². The number of hydrogen-bond donors (Lipinski definition) is 7. The molecular formula is C56H73ClN10O9. The molecule has 5 amide bonds. The molecule has 0 saturated carbocycles. The van der Waals surface area contributed by atoms with Gasteiger partial charge in [0.2, 0.25) is 17.7 Å². The number of nitrogens with zero attached hydrogens (tertiary/aromatic N) is 3. The first-order valence-electron chi connectivity index (χ1n) is 26.3. The summed E-state index contributed by atoms with van der Waals surface area (Å²) in [6, 6.07) is 22.8. The topological polar surface area (TPSA) is 261 Å². The van der Waals surface area contributed by atoms with Gasteiger partial charge in [0.15, 0.2) is 5.84 Å². The predicted molar refractivity (Wildman–Crippen MR) is 293 cm³/mol. The number of fused-ring (bicyclic) bond motifs is 1. The molecule has 0 aliphatic carbocycles. The first-order chi connectivity index (χ1) is 36.5. The molecule has 1 unspecified atom stereocenters. The highest BCUT2D eigenvalue weighted by atomic mass is 35.5. The monoisotopic (exact) mass is 1060 g/mol. The van der Waals surface area contributed by atoms with Gasteiger partial charge >= 0.3 is 0 Å². The molecule has 7 rings (SSSR count). The summed E-state index contributed by atoms with van der Waals surface area (Å²) in [6.07, 6.45) is 11.6. The average Bonchev–Trinajstić information content (AvgIpc) is 3.75. The number of carbonyl (C=O) groups is 5. The van der Waals surface area contributed by atoms with E-state index in [1.165, 1.54) is 4.90 Å². The largest absolute Gasteiger partial charge is 0.494 e. The quantitative estimate of drug-likeness (QED) is 0.0127. The number of unbranched alkanes of at least 4 members (excludes halogenated alkanes) is 5. The maximum atomic E-state index is 13.5. The molecule has 408 valence electrons. The number of amides is 5. The number of nitrogens with two attached hydrogens (primary N) is 1. The average molecular weight is 1070 g/mol. The fraction of sp³-hybridized carbons (Fsp3) is 0.464. The summed E-state index contributed by atoms with van der Waals surface area (Å²) in [6.45, 7) is 7.44. The van der Waals surface area contributed by atoms with Gasteiger partial charge in [0.05, 0.1) is 44.6 Å². The molecule has 0 bridgehead atoms. The lowest BCUT2D eigenvalue weighted by atomic mass is 9.86. The van der Waals surface area contributed by atoms with Crippen LogP contribution in [0.15, 0.2) is 96.2 Å². The van der Waals surface area contributed by atoms with E-state index in [9.17, 15) is 24.0 Å². The van der Waals surface area contributed by atoms with Gasteiger partial charge in [-0.3, -0.25) is 39.7 Å². The van der Waals surface area contributed by atoms with Gasteiger partial charge in [0.1, 0.15) is 17.6 Å². The maximum absolute atomic E-state index is 13.5. The number of amidine groups is 2. The van der Waals surface area contributed by atoms with Crippen LogP contribution < -0.4 is 37.1 Å². The Bertz CT molecular complexity index is 2610. The Balaban J connectivity index is 0.00000937. The molecule has 3 aromatic carbocycles. The first-order valence-corrected chi connectivity index (χ1v) is 26.3. The van der Waals surface area contributed by atoms with Crippen molar-refractivity contribution in [2.24, 2.45) is 10.7 Å². The molecular weight excluding hydrogens is 992 g/mol. The summed E-state index contributed by atoms with van der Waals surface area (Å²) in [7, 11) is 0. The van der Waals surface area contributed by atoms with E-state index in [0.717, 1.165) is 68.6 Å². The number of carbonyl (C=O) groups excluding carboxylic acids is 5. The van der Waals surface area contributed by atoms with Crippen LogP contribution in [0.25, 0.3) is 0 Å². The fourth-order valence-corrected chi connectivity index (χ4v) is 9.33. The molecule has 8 N–H and O–H groups in total. The second-order valence-corrected chi connectivity index (χ2v) is 19.1. The Morgan fingerprint density at radius 1 is 0.829 bits per heavy atom. The second-order valence-electron chi connectivity index (χ2n) is 19.1. The number of anilines is 2. The van der Waals surface area contributed by atoms with Crippen LogP contribution in [-0.2, 0) is 35.1 Å². The van der Waals surface area contributed by atoms with Crippen LogP contribution in [0.2, 0.25) is 0 Å². The Labute approximate surface area is 451 Å². The summed E-state index contributed by atoms with van der Waals surface area (Å²) >= 11 is 0. The highest BCUT2D eigenvalue weighted by Crippen LogP contribution is 2.33. The molecule has 19 nitrogen and oxygen atoms in total. The summed E-state index contributed by atoms with van der Waals surface area (Å²) in [5.41, 5.74) is 10.5. The van der Waals surface area contributed by atoms with Gasteiger partial charge in [0, 0.05) is 78.6 Å². The Hall–Kier alpha value is -6.77. The van der Waals surface area contributed by atoms with Gasteiger partial charge in [-0.1, -0.05) is 37.1 Å². The zero-order valence-corrected chi connectivity index (χ0v) is 44.2. The molecule has 0 radical (unpaired) electrons. The number of rotatable bonds is 29. The minimum absolute atomic E-state index is 0. The Kier molecular flexibility index (Phi) is 23.2. The van der Waals surface area contributed by atoms with Crippen molar-refractivity contribution >= 4 is 65.0 Å². The van der Waals surface area contributed by atoms with E-state index in [1.807, 2.05) is 49.4 Å². The number of aromatic nitrogens is 1. The van der Waals surface area contributed by atoms with Crippen LogP contribution in [0.4, 0.5) is 11.4 Å². The number of halogens is 1. The number of piperidine rings is 2. The van der Waals surface area contributed by atoms with Crippen molar-refractivity contribution in [3.05, 3.63) is 119 Å². The van der Waals surface area contributed by atoms with Gasteiger partial charge in [-0.15, -0.1) is 12.4 Å². The molecule has 1 aromatic heterocycles. The lowest BCUT2D eigenvalue weighted by molar-refractivity contribution is -0.137. The number of benzene rings is 3. The van der Waals surface area contributed by atoms with Gasteiger partial charge in [-0.05, 0) is 132 Å². The number of aliphatic imine (C=N–C) groups is 1. The summed E-state index contributed by atoms with van der Waals surface area (Å²) < 4.78 is 23.2. The molecule has 2 fully saturated rings. The normalized spacial score (nSPS) is 16.5. The van der Waals surface area contributed by atoms with E-state index in [2.05, 4.69) is 36.6 Å². The number of ether oxygens (including phenoxy) is 4. The minimum Gasteiger partial charge on any atom is -0.494 e. The molecule has 3 aliphatic heterocycles. The van der Waals surface area contributed by atoms with Gasteiger partial charge in [-0.2, -0.15) is 0 Å². The summed E-state index contributed by atoms with van der Waals surface area (Å²) in [5.74, 6) is -0.274. The molecule has 2 saturated heterocycles. The SMILES string of the molecule is C[C@@H](NC(=O)c1cccc(NC2(C(N)=NC(=N)c3ccncc3)CCNCC2)c1)c1cccc(OCCCCCCOCCOCCOCCCCCC(=O)Nc2cccc3c2CN(C2CCC(=O)NC2=O)C3=O)c1.Cl. The zero-order chi connectivity index (χ0) is 52.8. The third-order valence-corrected chi connectivity index (χ3v) is 13.6. The van der Waals surface area contributed by atoms with Gasteiger partial charge in [0.25, 0.3) is 11.8 Å². The van der Waals surface area contributed by atoms with E-state index in [4.69, 9.17) is 30.1 Å². The Morgan fingerprint density at radius 3 is 2.22 bits per heavy atom. The molecule has 4 aromatic rings. The first kappa shape index (κ1) is 58.5. The van der Waals surface area contributed by atoms with Gasteiger partial charge in [-0.25, -0.2) is 4.99 Å². The van der Waals surface area contributed by atoms with Crippen LogP contribution in [0, 0.1) is 5.41 Å². The zero-order valence-electron chi connectivity index (χ0n) is 43.4. The van der Waals surface area contributed by atoms with Gasteiger partial charge < -0.3 is 50.8 Å². The van der Waals surface area contributed by atoms with Crippen LogP contribution >= 0.6 is 12.4 Å². The molecule has 3 aliphatic rings. The lowest BCUT2D eigenvalue weighted by Crippen LogP contribution is -2.56. The highest BCUT2D eigenvalue weighted by Gasteiger charge is 2.40. The van der Waals surface area contributed by atoms with E-state index in [0.29, 0.717) is 106 Å². The van der Waals surface area contributed by atoms with E-state index >= 15 is 0 Å². The molecule has 2 atom stereocenters. The van der Waals surface area contributed by atoms with Crippen LogP contribution in [0.5, 0.6) is 5.75 Å². The van der Waals surface area contributed by atoms with Crippen LogP contribution in [-0.4, -0.2) is 122 Å². The molecule has 20 heteroatoms. The second kappa shape index (κ2) is 30.1. The molecule has 4 heterocycles. The minimum atomic E-state index is -0.708. The van der Waals surface area contributed by atoms with E-state index in [-0.39, 0.29) is 67.3 Å². The third kappa shape index (κ3) is 17.1. The highest BCUT2D eigenvalue weighted by molar-refractivity contribution is 6.08. The van der Waals surface area contributed by atoms with Crippen molar-refractivity contribution in [3.63, 3.8) is 0 Å². The van der Waals surface area contributed by atoms with Crippen molar-refractivity contribution in [2.75, 3.05) is 70.0 Å². The number of imide groups is 1. The van der Waals surface area contributed by atoms with Crippen molar-refractivity contribution in [3.8, 4) is 5.75 Å². The van der Waals surface area contributed by atoms with Crippen molar-refractivity contribution in [1.29, 1.82) is 5.41 Å². The van der Waals surface area contributed by atoms with Crippen molar-refractivity contribution in [2.45, 2.75) is 108 Å². The maximum Gasteiger partial charge on any atom is 0.255 e. The summed E-state index contributed by atoms with van der Waals surface area (Å²) in [4.78, 5) is 73.3. The predicted octanol–water partition coefficient (Wildman–Crippen LogP) is 6.86. The molecule has 76 heavy (non-hydrogen) atoms.